The molecule has 9 nitrogen and oxygen atoms in total. The number of aromatic hydroxyl groups is 1. The predicted octanol–water partition coefficient (Wildman–Crippen LogP) is 5.15. The van der Waals surface area contributed by atoms with Crippen molar-refractivity contribution >= 4 is 27.6 Å². The first kappa shape index (κ1) is 30.2. The molecule has 2 unspecified atom stereocenters. The van der Waals surface area contributed by atoms with Gasteiger partial charge in [-0.2, -0.15) is 9.97 Å². The van der Waals surface area contributed by atoms with E-state index in [1.54, 1.807) is 4.90 Å². The summed E-state index contributed by atoms with van der Waals surface area (Å²) in [4.78, 5) is 30.0. The molecule has 13 heteroatoms. The van der Waals surface area contributed by atoms with Crippen LogP contribution in [0.2, 0.25) is 0 Å². The minimum atomic E-state index is -1.20. The van der Waals surface area contributed by atoms with Crippen molar-refractivity contribution < 1.29 is 37.3 Å². The van der Waals surface area contributed by atoms with Crippen LogP contribution >= 0.6 is 0 Å². The highest BCUT2D eigenvalue weighted by Gasteiger charge is 2.50. The molecule has 6 heterocycles. The normalized spacial score (nSPS) is 27.2. The Labute approximate surface area is 267 Å². The Kier molecular flexibility index (Phi) is 7.25. The van der Waals surface area contributed by atoms with E-state index in [-0.39, 0.29) is 69.8 Å². The molecule has 2 bridgehead atoms. The van der Waals surface area contributed by atoms with Gasteiger partial charge in [0.2, 0.25) is 5.91 Å². The number of hydrogen-bond acceptors (Lipinski definition) is 8. The molecule has 4 atom stereocenters. The van der Waals surface area contributed by atoms with Crippen molar-refractivity contribution in [3.63, 3.8) is 0 Å². The van der Waals surface area contributed by atoms with Gasteiger partial charge in [0.15, 0.2) is 17.5 Å². The van der Waals surface area contributed by atoms with E-state index in [0.29, 0.717) is 36.9 Å². The van der Waals surface area contributed by atoms with Crippen LogP contribution in [0.3, 0.4) is 0 Å². The third-order valence-electron chi connectivity index (χ3n) is 10.7. The number of phenols is 1. The lowest BCUT2D eigenvalue weighted by atomic mass is 9.86. The molecular weight excluding hydrogens is 618 g/mol. The molecule has 2 N–H and O–H groups in total. The Hall–Kier alpha value is -4.10. The van der Waals surface area contributed by atoms with Crippen LogP contribution in [0.15, 0.2) is 30.5 Å². The van der Waals surface area contributed by atoms with Crippen molar-refractivity contribution in [3.8, 4) is 23.0 Å². The van der Waals surface area contributed by atoms with Gasteiger partial charge in [-0.15, -0.1) is 0 Å². The molecule has 0 aliphatic carbocycles. The van der Waals surface area contributed by atoms with Crippen LogP contribution in [-0.4, -0.2) is 91.0 Å². The largest absolute Gasteiger partial charge is 0.508 e. The Balaban J connectivity index is 1.25. The van der Waals surface area contributed by atoms with Gasteiger partial charge in [-0.1, -0.05) is 6.07 Å². The highest BCUT2D eigenvalue weighted by molar-refractivity contribution is 5.99. The van der Waals surface area contributed by atoms with Gasteiger partial charge in [0.1, 0.15) is 36.3 Å². The first-order chi connectivity index (χ1) is 22.7. The number of carbonyl (C=O) groups excluding carboxylic acids is 1. The number of carbonyl (C=O) groups is 1. The van der Waals surface area contributed by atoms with E-state index in [0.717, 1.165) is 44.4 Å². The summed E-state index contributed by atoms with van der Waals surface area (Å²) in [6.07, 6.45) is 5.01. The second-order valence-electron chi connectivity index (χ2n) is 13.4. The number of halogens is 4. The zero-order chi connectivity index (χ0) is 32.6. The van der Waals surface area contributed by atoms with Crippen molar-refractivity contribution in [1.29, 1.82) is 0 Å². The maximum absolute atomic E-state index is 16.7. The van der Waals surface area contributed by atoms with E-state index < -0.39 is 35.8 Å². The summed E-state index contributed by atoms with van der Waals surface area (Å²) in [5.74, 6) is -4.08. The molecule has 0 radical (unpaired) electrons. The van der Waals surface area contributed by atoms with Gasteiger partial charge in [0.25, 0.3) is 0 Å². The van der Waals surface area contributed by atoms with Gasteiger partial charge in [0.05, 0.1) is 11.2 Å². The zero-order valence-electron chi connectivity index (χ0n) is 25.4. The highest BCUT2D eigenvalue weighted by atomic mass is 19.2. The van der Waals surface area contributed by atoms with Crippen molar-refractivity contribution in [2.24, 2.45) is 0 Å². The molecule has 2 aromatic heterocycles. The van der Waals surface area contributed by atoms with E-state index in [1.165, 1.54) is 18.3 Å². The molecule has 4 aliphatic heterocycles. The van der Waals surface area contributed by atoms with Gasteiger partial charge >= 0.3 is 6.01 Å². The monoisotopic (exact) mass is 651 g/mol. The maximum atomic E-state index is 16.7. The Morgan fingerprint density at radius 2 is 1.87 bits per heavy atom. The number of benzene rings is 2. The predicted molar refractivity (Wildman–Crippen MR) is 163 cm³/mol. The number of nitrogens with zero attached hydrogens (tertiary/aromatic N) is 5. The topological polar surface area (TPSA) is 112 Å². The Bertz CT molecular complexity index is 1920. The number of amides is 1. The lowest BCUT2D eigenvalue weighted by Crippen LogP contribution is -2.47. The van der Waals surface area contributed by atoms with Gasteiger partial charge in [-0.25, -0.2) is 17.6 Å². The molecule has 0 saturated carbocycles. The average molecular weight is 652 g/mol. The molecule has 2 aromatic carbocycles. The minimum absolute atomic E-state index is 0.0914. The van der Waals surface area contributed by atoms with Gasteiger partial charge in [-0.3, -0.25) is 14.7 Å². The van der Waals surface area contributed by atoms with E-state index >= 15 is 8.78 Å². The van der Waals surface area contributed by atoms with Crippen LogP contribution in [0.5, 0.6) is 11.8 Å². The molecule has 246 valence electrons. The van der Waals surface area contributed by atoms with E-state index in [9.17, 15) is 23.8 Å². The van der Waals surface area contributed by atoms with E-state index in [1.807, 2.05) is 0 Å². The lowest BCUT2D eigenvalue weighted by Gasteiger charge is -2.38. The number of fused-ring (bicyclic) bond motifs is 5. The number of aliphatic hydroxyl groups excluding tert-OH is 1. The fourth-order valence-corrected chi connectivity index (χ4v) is 8.73. The van der Waals surface area contributed by atoms with Crippen LogP contribution < -0.4 is 4.74 Å². The van der Waals surface area contributed by atoms with Crippen LogP contribution in [0.25, 0.3) is 32.9 Å². The summed E-state index contributed by atoms with van der Waals surface area (Å²) in [5, 5.41) is 20.2. The molecule has 4 saturated heterocycles. The summed E-state index contributed by atoms with van der Waals surface area (Å²) in [5.41, 5.74) is -0.631. The smallest absolute Gasteiger partial charge is 0.317 e. The lowest BCUT2D eigenvalue weighted by molar-refractivity contribution is -0.138. The minimum Gasteiger partial charge on any atom is -0.508 e. The molecule has 8 rings (SSSR count). The third-order valence-corrected chi connectivity index (χ3v) is 10.7. The molecule has 47 heavy (non-hydrogen) atoms. The molecule has 4 aromatic rings. The summed E-state index contributed by atoms with van der Waals surface area (Å²) in [6.45, 7) is 0.644. The second kappa shape index (κ2) is 11.3. The number of phenolic OH excluding ortho intramolecular Hbond substituents is 1. The fourth-order valence-electron chi connectivity index (χ4n) is 8.73. The number of aliphatic hydroxyl groups is 1. The van der Waals surface area contributed by atoms with Crippen LogP contribution in [-0.2, 0) is 4.79 Å². The first-order valence-corrected chi connectivity index (χ1v) is 16.1. The van der Waals surface area contributed by atoms with Crippen LogP contribution in [0, 0.1) is 17.5 Å². The Morgan fingerprint density at radius 3 is 2.64 bits per heavy atom. The summed E-state index contributed by atoms with van der Waals surface area (Å²) >= 11 is 0. The van der Waals surface area contributed by atoms with Crippen molar-refractivity contribution in [3.05, 3.63) is 53.6 Å². The number of rotatable bonds is 6. The van der Waals surface area contributed by atoms with Crippen molar-refractivity contribution in [2.75, 3.05) is 26.3 Å². The summed E-state index contributed by atoms with van der Waals surface area (Å²) < 4.78 is 66.9. The average Bonchev–Trinajstić information content (AvgIpc) is 3.67. The number of hydrogen-bond donors (Lipinski definition) is 2. The molecular formula is C34H33F4N5O4. The van der Waals surface area contributed by atoms with E-state index in [2.05, 4.69) is 14.9 Å². The van der Waals surface area contributed by atoms with Gasteiger partial charge < -0.3 is 19.8 Å². The summed E-state index contributed by atoms with van der Waals surface area (Å²) in [7, 11) is 0. The third kappa shape index (κ3) is 4.88. The quantitative estimate of drug-likeness (QED) is 0.276. The van der Waals surface area contributed by atoms with Crippen molar-refractivity contribution in [2.45, 2.75) is 74.7 Å². The number of ether oxygens (including phenoxy) is 1. The van der Waals surface area contributed by atoms with Crippen LogP contribution in [0.4, 0.5) is 17.6 Å². The van der Waals surface area contributed by atoms with E-state index in [4.69, 9.17) is 9.72 Å². The molecule has 1 amide bonds. The second-order valence-corrected chi connectivity index (χ2v) is 13.4. The van der Waals surface area contributed by atoms with Gasteiger partial charge in [-0.05, 0) is 68.7 Å². The van der Waals surface area contributed by atoms with Gasteiger partial charge in [0, 0.05) is 53.5 Å². The fraction of sp³-hybridized carbons (Fsp3) is 0.471. The Morgan fingerprint density at radius 1 is 1.09 bits per heavy atom. The number of pyridine rings is 1. The first-order valence-electron chi connectivity index (χ1n) is 16.1. The zero-order valence-corrected chi connectivity index (χ0v) is 25.4. The number of aromatic nitrogens is 3. The molecule has 0 spiro atoms. The number of piperidine rings is 1. The molecule has 4 aliphatic rings. The SMILES string of the molecule is O=C(CO)N1C2CCC1CC(c1nc(OC[C@@]34CCCN3C[C@H](F)C4)nc3c(F)c(-c4cc(O)cc5ccc(F)c(F)c45)ncc13)C2. The van der Waals surface area contributed by atoms with Crippen molar-refractivity contribution in [1.82, 2.24) is 24.8 Å². The maximum Gasteiger partial charge on any atom is 0.317 e. The standard InChI is InChI=1S/C34H33F4N5O4/c35-19-12-34(6-1-7-42(34)14-19)16-47-33-40-30(18-8-20-3-4-21(9-18)43(20)26(46)15-44)24-13-39-31(29(38)32(24)41-33)23-11-22(45)10-17-2-5-25(36)28(37)27(17)23/h2,5,10-11,13,18-21,44-45H,1,3-4,6-9,12,14-16H2/t18?,19-,20?,21?,34+/m1/s1. The molecule has 4 fully saturated rings. The summed E-state index contributed by atoms with van der Waals surface area (Å²) in [6, 6.07) is 4.29. The highest BCUT2D eigenvalue weighted by Crippen LogP contribution is 2.46. The van der Waals surface area contributed by atoms with Crippen LogP contribution in [0.1, 0.15) is 56.6 Å². The number of alkyl halides is 1.